The zero-order valence-corrected chi connectivity index (χ0v) is 16.8. The van der Waals surface area contributed by atoms with Crippen LogP contribution in [0.25, 0.3) is 0 Å². The van der Waals surface area contributed by atoms with E-state index in [4.69, 9.17) is 10.00 Å². The predicted molar refractivity (Wildman–Crippen MR) is 105 cm³/mol. The van der Waals surface area contributed by atoms with E-state index < -0.39 is 9.84 Å². The van der Waals surface area contributed by atoms with Crippen LogP contribution in [-0.4, -0.2) is 79.1 Å². The highest BCUT2D eigenvalue weighted by Crippen LogP contribution is 2.35. The van der Waals surface area contributed by atoms with E-state index in [1.807, 2.05) is 0 Å². The zero-order valence-electron chi connectivity index (χ0n) is 15.2. The van der Waals surface area contributed by atoms with Crippen molar-refractivity contribution in [2.75, 3.05) is 55.0 Å². The van der Waals surface area contributed by atoms with E-state index in [0.29, 0.717) is 27.4 Å². The molecule has 2 aromatic heterocycles. The first-order valence-corrected chi connectivity index (χ1v) is 11.3. The molecule has 12 heteroatoms. The fourth-order valence-electron chi connectivity index (χ4n) is 3.40. The quantitative estimate of drug-likeness (QED) is 0.728. The Morgan fingerprint density at radius 1 is 1.25 bits per heavy atom. The molecule has 10 nitrogen and oxygen atoms in total. The van der Waals surface area contributed by atoms with Gasteiger partial charge in [0, 0.05) is 32.2 Å². The lowest BCUT2D eigenvalue weighted by molar-refractivity contribution is 0.201. The smallest absolute Gasteiger partial charge is 0.204 e. The minimum absolute atomic E-state index is 0.135. The van der Waals surface area contributed by atoms with Gasteiger partial charge < -0.3 is 15.0 Å². The van der Waals surface area contributed by atoms with Gasteiger partial charge in [0.25, 0.3) is 0 Å². The van der Waals surface area contributed by atoms with Crippen LogP contribution >= 0.6 is 11.3 Å². The number of hydrogen-bond donors (Lipinski definition) is 1. The lowest BCUT2D eigenvalue weighted by Crippen LogP contribution is -2.59. The summed E-state index contributed by atoms with van der Waals surface area (Å²) in [6, 6.07) is 2.19. The van der Waals surface area contributed by atoms with Gasteiger partial charge in [-0.25, -0.2) is 23.4 Å². The summed E-state index contributed by atoms with van der Waals surface area (Å²) < 4.78 is 28.4. The van der Waals surface area contributed by atoms with Crippen LogP contribution in [0.4, 0.5) is 16.8 Å². The van der Waals surface area contributed by atoms with E-state index in [0.717, 1.165) is 26.2 Å². The van der Waals surface area contributed by atoms with Gasteiger partial charge >= 0.3 is 0 Å². The molecule has 1 N–H and O–H groups in total. The topological polar surface area (TPSA) is 124 Å². The highest BCUT2D eigenvalue weighted by atomic mass is 32.2. The molecule has 0 saturated carbocycles. The Balaban J connectivity index is 1.47. The van der Waals surface area contributed by atoms with Crippen LogP contribution < -0.4 is 15.0 Å². The van der Waals surface area contributed by atoms with Gasteiger partial charge in [0.15, 0.2) is 26.6 Å². The largest absolute Gasteiger partial charge is 0.490 e. The Kier molecular flexibility index (Phi) is 5.05. The second kappa shape index (κ2) is 7.50. The number of nitrogens with zero attached hydrogens (tertiary/aromatic N) is 6. The number of hydrogen-bond acceptors (Lipinski definition) is 11. The Hall–Kier alpha value is -2.49. The van der Waals surface area contributed by atoms with E-state index >= 15 is 0 Å². The first-order valence-electron chi connectivity index (χ1n) is 8.70. The fourth-order valence-corrected chi connectivity index (χ4v) is 5.51. The van der Waals surface area contributed by atoms with Crippen LogP contribution in [0.3, 0.4) is 0 Å². The average Bonchev–Trinajstić information content (AvgIpc) is 3.13. The van der Waals surface area contributed by atoms with Crippen LogP contribution in [0.15, 0.2) is 12.5 Å². The number of ether oxygens (including phenoxy) is 1. The summed E-state index contributed by atoms with van der Waals surface area (Å²) in [5, 5.41) is 12.6. The molecule has 4 rings (SSSR count). The molecule has 2 aromatic rings. The SMILES string of the molecule is COc1c(Nc2ncc(C#N)s2)ncnc1N1CCN(C2CS(=O)(=O)C2)CC1. The summed E-state index contributed by atoms with van der Waals surface area (Å²) in [6.45, 7) is 2.99. The monoisotopic (exact) mass is 421 g/mol. The molecule has 0 amide bonds. The molecular weight excluding hydrogens is 402 g/mol. The molecule has 0 atom stereocenters. The van der Waals surface area contributed by atoms with Crippen molar-refractivity contribution in [3.05, 3.63) is 17.4 Å². The molecule has 0 bridgehead atoms. The van der Waals surface area contributed by atoms with E-state index in [-0.39, 0.29) is 17.5 Å². The second-order valence-electron chi connectivity index (χ2n) is 6.60. The summed E-state index contributed by atoms with van der Waals surface area (Å²) in [5.74, 6) is 2.19. The number of rotatable bonds is 5. The Morgan fingerprint density at radius 2 is 2.00 bits per heavy atom. The van der Waals surface area contributed by atoms with Crippen molar-refractivity contribution in [1.29, 1.82) is 5.26 Å². The van der Waals surface area contributed by atoms with Gasteiger partial charge in [-0.15, -0.1) is 0 Å². The number of piperazine rings is 1. The number of sulfone groups is 1. The molecule has 148 valence electrons. The number of methoxy groups -OCH3 is 1. The Labute approximate surface area is 166 Å². The number of aromatic nitrogens is 3. The van der Waals surface area contributed by atoms with Crippen LogP contribution in [0, 0.1) is 11.3 Å². The normalized spacial score (nSPS) is 19.6. The number of thiazole rings is 1. The average molecular weight is 422 g/mol. The summed E-state index contributed by atoms with van der Waals surface area (Å²) in [6.07, 6.45) is 2.96. The summed E-state index contributed by atoms with van der Waals surface area (Å²) >= 11 is 1.23. The van der Waals surface area contributed by atoms with Gasteiger partial charge in [-0.1, -0.05) is 11.3 Å². The van der Waals surface area contributed by atoms with Gasteiger partial charge in [-0.3, -0.25) is 4.90 Å². The van der Waals surface area contributed by atoms with E-state index in [1.165, 1.54) is 23.9 Å². The number of anilines is 3. The lowest BCUT2D eigenvalue weighted by atomic mass is 10.2. The molecule has 0 spiro atoms. The molecule has 2 aliphatic rings. The van der Waals surface area contributed by atoms with Crippen LogP contribution in [0.5, 0.6) is 5.75 Å². The highest BCUT2D eigenvalue weighted by molar-refractivity contribution is 7.92. The van der Waals surface area contributed by atoms with Crippen molar-refractivity contribution >= 4 is 37.9 Å². The molecule has 2 saturated heterocycles. The zero-order chi connectivity index (χ0) is 19.7. The summed E-state index contributed by atoms with van der Waals surface area (Å²) in [7, 11) is -1.26. The molecule has 0 aromatic carbocycles. The maximum Gasteiger partial charge on any atom is 0.204 e. The van der Waals surface area contributed by atoms with E-state index in [9.17, 15) is 8.42 Å². The van der Waals surface area contributed by atoms with Crippen molar-refractivity contribution in [3.63, 3.8) is 0 Å². The van der Waals surface area contributed by atoms with Gasteiger partial charge in [0.05, 0.1) is 24.8 Å². The van der Waals surface area contributed by atoms with Crippen molar-refractivity contribution in [2.24, 2.45) is 0 Å². The fraction of sp³-hybridized carbons (Fsp3) is 0.500. The molecule has 2 aliphatic heterocycles. The number of nitrogens with one attached hydrogen (secondary N) is 1. The van der Waals surface area contributed by atoms with Gasteiger partial charge in [0.2, 0.25) is 5.75 Å². The van der Waals surface area contributed by atoms with Gasteiger partial charge in [-0.2, -0.15) is 5.26 Å². The third-order valence-corrected chi connectivity index (χ3v) is 7.46. The van der Waals surface area contributed by atoms with Crippen LogP contribution in [0.2, 0.25) is 0 Å². The third-order valence-electron chi connectivity index (χ3n) is 4.85. The molecule has 4 heterocycles. The summed E-state index contributed by atoms with van der Waals surface area (Å²) in [5.41, 5.74) is 0. The molecule has 2 fully saturated rings. The van der Waals surface area contributed by atoms with Crippen molar-refractivity contribution in [1.82, 2.24) is 19.9 Å². The van der Waals surface area contributed by atoms with Gasteiger partial charge in [0.1, 0.15) is 17.3 Å². The predicted octanol–water partition coefficient (Wildman–Crippen LogP) is 0.476. The highest BCUT2D eigenvalue weighted by Gasteiger charge is 2.38. The van der Waals surface area contributed by atoms with Crippen molar-refractivity contribution < 1.29 is 13.2 Å². The molecule has 28 heavy (non-hydrogen) atoms. The van der Waals surface area contributed by atoms with Gasteiger partial charge in [-0.05, 0) is 0 Å². The Morgan fingerprint density at radius 3 is 2.61 bits per heavy atom. The molecule has 0 aliphatic carbocycles. The van der Waals surface area contributed by atoms with E-state index in [1.54, 1.807) is 7.11 Å². The second-order valence-corrected chi connectivity index (χ2v) is 9.78. The lowest BCUT2D eigenvalue weighted by Gasteiger charge is -2.42. The maximum atomic E-state index is 11.4. The van der Waals surface area contributed by atoms with Crippen LogP contribution in [0.1, 0.15) is 4.88 Å². The minimum Gasteiger partial charge on any atom is -0.490 e. The maximum absolute atomic E-state index is 11.4. The van der Waals surface area contributed by atoms with Crippen LogP contribution in [-0.2, 0) is 9.84 Å². The third kappa shape index (κ3) is 3.73. The van der Waals surface area contributed by atoms with Crippen molar-refractivity contribution in [3.8, 4) is 11.8 Å². The summed E-state index contributed by atoms with van der Waals surface area (Å²) in [4.78, 5) is 17.6. The molecular formula is C16H19N7O3S2. The van der Waals surface area contributed by atoms with E-state index in [2.05, 4.69) is 36.1 Å². The number of nitriles is 1. The minimum atomic E-state index is -2.82. The first-order chi connectivity index (χ1) is 13.5. The van der Waals surface area contributed by atoms with Crippen molar-refractivity contribution in [2.45, 2.75) is 6.04 Å². The molecule has 0 unspecified atom stereocenters. The molecule has 0 radical (unpaired) electrons. The Bertz CT molecular complexity index is 997. The standard InChI is InChI=1S/C16H19N7O3S2/c1-26-13-14(21-16-18-7-12(6-17)27-16)19-10-20-15(13)23-4-2-22(3-5-23)11-8-28(24,25)9-11/h7,10-11H,2-5,8-9H2,1H3,(H,18,19,20,21). The first kappa shape index (κ1) is 18.9.